The number of benzene rings is 2. The number of allylic oxidation sites excluding steroid dienone is 1. The third-order valence-electron chi connectivity index (χ3n) is 18.4. The summed E-state index contributed by atoms with van der Waals surface area (Å²) in [5, 5.41) is 0. The summed E-state index contributed by atoms with van der Waals surface area (Å²) in [4.78, 5) is -0.222. The summed E-state index contributed by atoms with van der Waals surface area (Å²) in [5.74, 6) is -6.89. The minimum absolute atomic E-state index is 0.222. The summed E-state index contributed by atoms with van der Waals surface area (Å²) in [5.41, 5.74) is 10.1. The average molecular weight is 994 g/mol. The second-order valence-electron chi connectivity index (χ2n) is 20.4. The Kier molecular flexibility index (Phi) is 15.3. The molecular formula is C51H76Cl4P2Ru. The molecule has 2 aromatic rings. The van der Waals surface area contributed by atoms with Gasteiger partial charge >= 0.3 is 383 Å². The van der Waals surface area contributed by atoms with Crippen LogP contribution < -0.4 is 0 Å². The van der Waals surface area contributed by atoms with E-state index < -0.39 is 11.9 Å². The second-order valence-corrected chi connectivity index (χ2v) is 38.6. The molecule has 6 saturated carbocycles. The molecule has 0 nitrogen and oxygen atoms in total. The van der Waals surface area contributed by atoms with E-state index >= 15 is 0 Å². The van der Waals surface area contributed by atoms with Crippen molar-refractivity contribution in [2.45, 2.75) is 231 Å². The van der Waals surface area contributed by atoms with Gasteiger partial charge in [-0.05, 0) is 0 Å². The van der Waals surface area contributed by atoms with Crippen molar-refractivity contribution in [3.63, 3.8) is 0 Å². The Morgan fingerprint density at radius 3 is 0.983 bits per heavy atom. The van der Waals surface area contributed by atoms with E-state index in [9.17, 15) is 22.5 Å². The van der Waals surface area contributed by atoms with Crippen LogP contribution in [0.15, 0.2) is 60.7 Å². The van der Waals surface area contributed by atoms with Crippen LogP contribution in [0.5, 0.6) is 0 Å². The Hall–Kier alpha value is 0.823. The van der Waals surface area contributed by atoms with Crippen LogP contribution >= 0.6 is 53.8 Å². The van der Waals surface area contributed by atoms with Crippen LogP contribution in [0.4, 0.5) is 0 Å². The van der Waals surface area contributed by atoms with Crippen LogP contribution in [-0.4, -0.2) is 34.0 Å². The molecule has 2 aromatic carbocycles. The van der Waals surface area contributed by atoms with Gasteiger partial charge in [0, 0.05) is 0 Å². The molecule has 7 aliphatic carbocycles. The van der Waals surface area contributed by atoms with Crippen molar-refractivity contribution in [2.24, 2.45) is 0 Å². The molecule has 0 heterocycles. The summed E-state index contributed by atoms with van der Waals surface area (Å²) < 4.78 is 0. The predicted octanol–water partition coefficient (Wildman–Crippen LogP) is 19.1. The van der Waals surface area contributed by atoms with Crippen molar-refractivity contribution in [1.29, 1.82) is 0 Å². The molecule has 7 aliphatic rings. The SMILES string of the molecule is ClP(C1CCCCC1)(C1CCCCC1)(C1CCCCC1)C1(P(Cl)(C2CCCCC2)(C2CCCCC2)C2CCCCC2)C=C(c2ccccc2)c2ccccc21.[Cl][Ru][Cl]. The van der Waals surface area contributed by atoms with Crippen molar-refractivity contribution in [1.82, 2.24) is 0 Å². The maximum absolute atomic E-state index is 10.4. The van der Waals surface area contributed by atoms with Gasteiger partial charge in [-0.25, -0.2) is 0 Å². The monoisotopic (exact) mass is 992 g/mol. The van der Waals surface area contributed by atoms with Gasteiger partial charge < -0.3 is 0 Å². The molecule has 0 aliphatic heterocycles. The Morgan fingerprint density at radius 1 is 0.397 bits per heavy atom. The first-order valence-electron chi connectivity index (χ1n) is 24.6. The van der Waals surface area contributed by atoms with Crippen molar-refractivity contribution in [2.75, 3.05) is 0 Å². The van der Waals surface area contributed by atoms with Crippen molar-refractivity contribution >= 4 is 59.3 Å². The second kappa shape index (κ2) is 19.5. The van der Waals surface area contributed by atoms with Gasteiger partial charge in [-0.2, -0.15) is 0 Å². The van der Waals surface area contributed by atoms with Gasteiger partial charge in [0.05, 0.1) is 0 Å². The first-order chi connectivity index (χ1) is 28.4. The van der Waals surface area contributed by atoms with Gasteiger partial charge in [-0.3, -0.25) is 0 Å². The summed E-state index contributed by atoms with van der Waals surface area (Å²) >= 11 is 20.5. The topological polar surface area (TPSA) is 0 Å². The number of hydrogen-bond donors (Lipinski definition) is 0. The van der Waals surface area contributed by atoms with Gasteiger partial charge in [0.2, 0.25) is 0 Å². The Balaban J connectivity index is 0.00000152. The maximum atomic E-state index is 10.4. The van der Waals surface area contributed by atoms with Gasteiger partial charge in [0.15, 0.2) is 0 Å². The fraction of sp³-hybridized carbons (Fsp3) is 0.725. The quantitative estimate of drug-likeness (QED) is 0.173. The fourth-order valence-electron chi connectivity index (χ4n) is 16.6. The first kappa shape index (κ1) is 45.4. The van der Waals surface area contributed by atoms with Gasteiger partial charge in [0.1, 0.15) is 0 Å². The zero-order valence-corrected chi connectivity index (χ0v) is 42.3. The van der Waals surface area contributed by atoms with Gasteiger partial charge in [-0.15, -0.1) is 0 Å². The summed E-state index contributed by atoms with van der Waals surface area (Å²) in [6.07, 6.45) is 44.6. The van der Waals surface area contributed by atoms with Crippen LogP contribution in [0.3, 0.4) is 0 Å². The van der Waals surface area contributed by atoms with E-state index in [2.05, 4.69) is 60.7 Å². The van der Waals surface area contributed by atoms with Crippen molar-refractivity contribution < 1.29 is 15.1 Å². The van der Waals surface area contributed by atoms with E-state index in [-0.39, 0.29) is 20.0 Å². The van der Waals surface area contributed by atoms with E-state index in [0.717, 1.165) is 0 Å². The molecule has 0 unspecified atom stereocenters. The minimum atomic E-state index is -3.45. The molecule has 0 aromatic heterocycles. The van der Waals surface area contributed by atoms with Crippen LogP contribution in [0.25, 0.3) is 5.57 Å². The molecule has 0 radical (unpaired) electrons. The number of halogens is 4. The van der Waals surface area contributed by atoms with E-state index in [1.165, 1.54) is 204 Å². The third kappa shape index (κ3) is 7.02. The molecule has 7 heteroatoms. The molecule has 0 bridgehead atoms. The van der Waals surface area contributed by atoms with E-state index in [1.54, 1.807) is 11.1 Å². The molecule has 58 heavy (non-hydrogen) atoms. The molecule has 326 valence electrons. The molecule has 0 amide bonds. The molecule has 0 atom stereocenters. The third-order valence-corrected chi connectivity index (χ3v) is 44.0. The first-order valence-corrected chi connectivity index (χ1v) is 35.7. The zero-order chi connectivity index (χ0) is 40.2. The predicted molar refractivity (Wildman–Crippen MR) is 260 cm³/mol. The molecular weight excluding hydrogens is 917 g/mol. The summed E-state index contributed by atoms with van der Waals surface area (Å²) in [6, 6.07) is 22.0. The normalized spacial score (nSPS) is 28.3. The standard InChI is InChI=1S/C51H76Cl2P2.2ClH.Ru/c52-54(42-26-10-2-11-27-42,43-28-12-3-13-29-43,44-30-14-4-15-31-44)51(40-49(41-24-8-1-9-25-41)48-38-22-23-39-50(48)51)55(53,45-32-16-5-17-33-45,46-34-18-6-19-35-46)47-36-20-7-21-37-47;;;/h1,8-9,22-25,38-40,42-47H,2-7,10-21,26-37H2;2*1H;/q;;;+2/p-2. The van der Waals surface area contributed by atoms with E-state index in [1.807, 2.05) is 0 Å². The summed E-state index contributed by atoms with van der Waals surface area (Å²) in [6.45, 7) is 0. The van der Waals surface area contributed by atoms with Crippen LogP contribution in [-0.2, 0) is 20.0 Å². The van der Waals surface area contributed by atoms with Crippen molar-refractivity contribution in [3.8, 4) is 0 Å². The van der Waals surface area contributed by atoms with Gasteiger partial charge in [0.25, 0.3) is 0 Å². The van der Waals surface area contributed by atoms with E-state index in [0.29, 0.717) is 34.0 Å². The molecule has 0 saturated heterocycles. The average Bonchev–Trinajstić information content (AvgIpc) is 3.69. The summed E-state index contributed by atoms with van der Waals surface area (Å²) in [7, 11) is 9.71. The molecule has 0 N–H and O–H groups in total. The molecule has 9 rings (SSSR count). The Bertz CT molecular complexity index is 1490. The van der Waals surface area contributed by atoms with Crippen LogP contribution in [0.2, 0.25) is 0 Å². The van der Waals surface area contributed by atoms with Gasteiger partial charge in [-0.1, -0.05) is 0 Å². The Morgan fingerprint density at radius 2 is 0.672 bits per heavy atom. The number of fused-ring (bicyclic) bond motifs is 1. The number of hydrogen-bond acceptors (Lipinski definition) is 0. The zero-order valence-electron chi connectivity index (χ0n) is 35.7. The fourth-order valence-corrected chi connectivity index (χ4v) is 48.4. The van der Waals surface area contributed by atoms with E-state index in [4.69, 9.17) is 19.4 Å². The number of rotatable bonds is 9. The molecule has 0 spiro atoms. The van der Waals surface area contributed by atoms with Crippen LogP contribution in [0, 0.1) is 0 Å². The van der Waals surface area contributed by atoms with Crippen LogP contribution in [0.1, 0.15) is 209 Å². The Labute approximate surface area is 380 Å². The van der Waals surface area contributed by atoms with Crippen molar-refractivity contribution in [3.05, 3.63) is 77.4 Å². The molecule has 6 fully saturated rings.